The van der Waals surface area contributed by atoms with E-state index < -0.39 is 0 Å². The minimum Gasteiger partial charge on any atom is -0.379 e. The number of carbonyl (C=O) groups is 1. The zero-order valence-electron chi connectivity index (χ0n) is 12.4. The highest BCUT2D eigenvalue weighted by Crippen LogP contribution is 2.29. The van der Waals surface area contributed by atoms with Crippen molar-refractivity contribution in [1.82, 2.24) is 5.32 Å². The van der Waals surface area contributed by atoms with Crippen molar-refractivity contribution in [2.75, 3.05) is 13.2 Å². The number of rotatable bonds is 3. The van der Waals surface area contributed by atoms with Crippen molar-refractivity contribution in [2.45, 2.75) is 19.4 Å². The zero-order valence-corrected chi connectivity index (χ0v) is 13.2. The van der Waals surface area contributed by atoms with Gasteiger partial charge in [-0.05, 0) is 42.7 Å². The average Bonchev–Trinajstić information content (AvgIpc) is 3.00. The summed E-state index contributed by atoms with van der Waals surface area (Å²) in [7, 11) is 0. The van der Waals surface area contributed by atoms with E-state index in [0.29, 0.717) is 23.8 Å². The summed E-state index contributed by atoms with van der Waals surface area (Å²) in [6.45, 7) is 3.31. The van der Waals surface area contributed by atoms with Gasteiger partial charge in [-0.1, -0.05) is 35.9 Å². The van der Waals surface area contributed by atoms with E-state index in [1.165, 1.54) is 0 Å². The fourth-order valence-corrected chi connectivity index (χ4v) is 2.94. The Kier molecular flexibility index (Phi) is 4.46. The first-order valence-electron chi connectivity index (χ1n) is 7.39. The van der Waals surface area contributed by atoms with Crippen molar-refractivity contribution in [3.8, 4) is 11.1 Å². The smallest absolute Gasteiger partial charge is 0.251 e. The first-order chi connectivity index (χ1) is 10.6. The highest BCUT2D eigenvalue weighted by molar-refractivity contribution is 6.33. The number of ether oxygens (including phenoxy) is 1. The van der Waals surface area contributed by atoms with Crippen molar-refractivity contribution in [2.24, 2.45) is 0 Å². The summed E-state index contributed by atoms with van der Waals surface area (Å²) >= 11 is 6.32. The summed E-state index contributed by atoms with van der Waals surface area (Å²) in [4.78, 5) is 12.3. The predicted octanol–water partition coefficient (Wildman–Crippen LogP) is 3.83. The second-order valence-corrected chi connectivity index (χ2v) is 6.01. The molecule has 114 valence electrons. The van der Waals surface area contributed by atoms with E-state index >= 15 is 0 Å². The number of amides is 1. The average molecular weight is 316 g/mol. The summed E-state index contributed by atoms with van der Waals surface area (Å²) in [6.07, 6.45) is 0.870. The largest absolute Gasteiger partial charge is 0.379 e. The summed E-state index contributed by atoms with van der Waals surface area (Å²) in [6, 6.07) is 13.6. The second-order valence-electron chi connectivity index (χ2n) is 5.60. The summed E-state index contributed by atoms with van der Waals surface area (Å²) in [5, 5.41) is 3.70. The van der Waals surface area contributed by atoms with Gasteiger partial charge in [-0.15, -0.1) is 0 Å². The molecule has 0 unspecified atom stereocenters. The van der Waals surface area contributed by atoms with Crippen LogP contribution in [-0.2, 0) is 4.74 Å². The Morgan fingerprint density at radius 3 is 2.86 bits per heavy atom. The molecule has 1 atom stereocenters. The SMILES string of the molecule is Cc1ccc(-c2cccc(C(=O)N[C@H]3CCOC3)c2)c(Cl)c1. The predicted molar refractivity (Wildman–Crippen MR) is 88.3 cm³/mol. The molecule has 0 aliphatic carbocycles. The Hall–Kier alpha value is -1.84. The number of carbonyl (C=O) groups excluding carboxylic acids is 1. The molecule has 1 aliphatic rings. The zero-order chi connectivity index (χ0) is 15.5. The topological polar surface area (TPSA) is 38.3 Å². The molecule has 0 spiro atoms. The monoisotopic (exact) mass is 315 g/mol. The highest BCUT2D eigenvalue weighted by Gasteiger charge is 2.18. The van der Waals surface area contributed by atoms with Gasteiger partial charge in [0.25, 0.3) is 5.91 Å². The second kappa shape index (κ2) is 6.51. The third-order valence-electron chi connectivity index (χ3n) is 3.83. The quantitative estimate of drug-likeness (QED) is 0.934. The molecule has 0 aromatic heterocycles. The van der Waals surface area contributed by atoms with Gasteiger partial charge in [0.2, 0.25) is 0 Å². The van der Waals surface area contributed by atoms with Crippen molar-refractivity contribution in [1.29, 1.82) is 0 Å². The minimum absolute atomic E-state index is 0.0689. The lowest BCUT2D eigenvalue weighted by Crippen LogP contribution is -2.34. The van der Waals surface area contributed by atoms with Gasteiger partial charge in [0, 0.05) is 22.8 Å². The Bertz CT molecular complexity index is 693. The molecule has 1 heterocycles. The number of benzene rings is 2. The van der Waals surface area contributed by atoms with Crippen molar-refractivity contribution in [3.63, 3.8) is 0 Å². The molecule has 0 saturated carbocycles. The van der Waals surface area contributed by atoms with Gasteiger partial charge in [0.15, 0.2) is 0 Å². The lowest BCUT2D eigenvalue weighted by Gasteiger charge is -2.12. The third-order valence-corrected chi connectivity index (χ3v) is 4.14. The minimum atomic E-state index is -0.0689. The maximum atomic E-state index is 12.3. The van der Waals surface area contributed by atoms with Crippen LogP contribution in [0, 0.1) is 6.92 Å². The molecule has 3 rings (SSSR count). The summed E-state index contributed by atoms with van der Waals surface area (Å²) < 4.78 is 5.28. The molecule has 22 heavy (non-hydrogen) atoms. The molecule has 3 nitrogen and oxygen atoms in total. The van der Waals surface area contributed by atoms with Crippen LogP contribution in [0.4, 0.5) is 0 Å². The fourth-order valence-electron chi connectivity index (χ4n) is 2.60. The first-order valence-corrected chi connectivity index (χ1v) is 7.76. The van der Waals surface area contributed by atoms with Crippen molar-refractivity contribution in [3.05, 3.63) is 58.6 Å². The lowest BCUT2D eigenvalue weighted by molar-refractivity contribution is 0.0930. The molecule has 1 fully saturated rings. The van der Waals surface area contributed by atoms with Crippen LogP contribution in [0.1, 0.15) is 22.3 Å². The molecule has 1 amide bonds. The van der Waals surface area contributed by atoms with E-state index in [-0.39, 0.29) is 11.9 Å². The molecular weight excluding hydrogens is 298 g/mol. The summed E-state index contributed by atoms with van der Waals surface area (Å²) in [5.74, 6) is -0.0689. The number of hydrogen-bond donors (Lipinski definition) is 1. The van der Waals surface area contributed by atoms with Gasteiger partial charge < -0.3 is 10.1 Å². The molecule has 0 bridgehead atoms. The maximum absolute atomic E-state index is 12.3. The van der Waals surface area contributed by atoms with Gasteiger partial charge in [0.1, 0.15) is 0 Å². The number of nitrogens with one attached hydrogen (secondary N) is 1. The van der Waals surface area contributed by atoms with E-state index in [9.17, 15) is 4.79 Å². The number of hydrogen-bond acceptors (Lipinski definition) is 2. The molecule has 2 aromatic rings. The Morgan fingerprint density at radius 1 is 1.27 bits per heavy atom. The van der Waals surface area contributed by atoms with Crippen molar-refractivity contribution >= 4 is 17.5 Å². The Morgan fingerprint density at radius 2 is 2.14 bits per heavy atom. The van der Waals surface area contributed by atoms with Crippen LogP contribution >= 0.6 is 11.6 Å². The molecule has 1 N–H and O–H groups in total. The molecule has 2 aromatic carbocycles. The molecular formula is C18H18ClNO2. The third kappa shape index (κ3) is 3.32. The van der Waals surface area contributed by atoms with Gasteiger partial charge in [-0.3, -0.25) is 4.79 Å². The standard InChI is InChI=1S/C18H18ClNO2/c1-12-5-6-16(17(19)9-12)13-3-2-4-14(10-13)18(21)20-15-7-8-22-11-15/h2-6,9-10,15H,7-8,11H2,1H3,(H,20,21)/t15-/m0/s1. The van der Waals surface area contributed by atoms with Crippen LogP contribution in [0.25, 0.3) is 11.1 Å². The van der Waals surface area contributed by atoms with Crippen LogP contribution in [0.3, 0.4) is 0 Å². The Balaban J connectivity index is 1.84. The molecule has 1 saturated heterocycles. The lowest BCUT2D eigenvalue weighted by atomic mass is 10.0. The maximum Gasteiger partial charge on any atom is 0.251 e. The van der Waals surface area contributed by atoms with E-state index in [4.69, 9.17) is 16.3 Å². The number of halogens is 1. The van der Waals surface area contributed by atoms with E-state index in [0.717, 1.165) is 23.1 Å². The van der Waals surface area contributed by atoms with Crippen LogP contribution in [0.5, 0.6) is 0 Å². The first kappa shape index (κ1) is 15.1. The van der Waals surface area contributed by atoms with Crippen LogP contribution in [-0.4, -0.2) is 25.2 Å². The summed E-state index contributed by atoms with van der Waals surface area (Å²) in [5.41, 5.74) is 3.64. The molecule has 4 heteroatoms. The fraction of sp³-hybridized carbons (Fsp3) is 0.278. The van der Waals surface area contributed by atoms with Gasteiger partial charge in [0.05, 0.1) is 12.6 Å². The molecule has 0 radical (unpaired) electrons. The van der Waals surface area contributed by atoms with E-state index in [2.05, 4.69) is 5.32 Å². The number of aryl methyl sites for hydroxylation is 1. The Labute approximate surface area is 135 Å². The van der Waals surface area contributed by atoms with Gasteiger partial charge >= 0.3 is 0 Å². The van der Waals surface area contributed by atoms with E-state index in [1.807, 2.05) is 49.4 Å². The van der Waals surface area contributed by atoms with Crippen LogP contribution in [0.15, 0.2) is 42.5 Å². The van der Waals surface area contributed by atoms with Crippen LogP contribution in [0.2, 0.25) is 5.02 Å². The molecule has 1 aliphatic heterocycles. The highest BCUT2D eigenvalue weighted by atomic mass is 35.5. The van der Waals surface area contributed by atoms with Crippen molar-refractivity contribution < 1.29 is 9.53 Å². The van der Waals surface area contributed by atoms with Gasteiger partial charge in [-0.25, -0.2) is 0 Å². The van der Waals surface area contributed by atoms with Gasteiger partial charge in [-0.2, -0.15) is 0 Å². The van der Waals surface area contributed by atoms with E-state index in [1.54, 1.807) is 0 Å². The normalized spacial score (nSPS) is 17.5. The van der Waals surface area contributed by atoms with Crippen LogP contribution < -0.4 is 5.32 Å².